The van der Waals surface area contributed by atoms with Crippen LogP contribution in [0.2, 0.25) is 0 Å². The summed E-state index contributed by atoms with van der Waals surface area (Å²) in [5, 5.41) is 0. The van der Waals surface area contributed by atoms with E-state index in [-0.39, 0.29) is 11.8 Å². The molecule has 1 aliphatic carbocycles. The molecule has 3 heteroatoms. The molecule has 19 heavy (non-hydrogen) atoms. The normalized spacial score (nSPS) is 18.7. The van der Waals surface area contributed by atoms with E-state index < -0.39 is 0 Å². The second kappa shape index (κ2) is 5.74. The van der Waals surface area contributed by atoms with Crippen molar-refractivity contribution in [3.63, 3.8) is 0 Å². The number of nitrogens with zero attached hydrogens (tertiary/aromatic N) is 1. The van der Waals surface area contributed by atoms with Gasteiger partial charge in [0, 0.05) is 12.6 Å². The highest BCUT2D eigenvalue weighted by molar-refractivity contribution is 5.82. The Hall–Kier alpha value is -1.35. The van der Waals surface area contributed by atoms with E-state index in [2.05, 4.69) is 44.0 Å². The number of aryl methyl sites for hydroxylation is 1. The van der Waals surface area contributed by atoms with Gasteiger partial charge in [-0.1, -0.05) is 18.2 Å². The lowest BCUT2D eigenvalue weighted by Gasteiger charge is -2.25. The second-order valence-electron chi connectivity index (χ2n) is 5.89. The molecule has 104 valence electrons. The van der Waals surface area contributed by atoms with Crippen molar-refractivity contribution in [3.05, 3.63) is 34.9 Å². The first-order chi connectivity index (χ1) is 8.99. The summed E-state index contributed by atoms with van der Waals surface area (Å²) in [6.45, 7) is 5.34. The van der Waals surface area contributed by atoms with Crippen molar-refractivity contribution >= 4 is 5.91 Å². The molecular formula is C16H24N2O. The first-order valence-corrected chi connectivity index (χ1v) is 7.10. The average molecular weight is 260 g/mol. The molecule has 0 saturated carbocycles. The molecule has 3 nitrogen and oxygen atoms in total. The number of nitrogens with two attached hydrogens (primary N) is 1. The van der Waals surface area contributed by atoms with E-state index in [0.29, 0.717) is 6.04 Å². The Labute approximate surface area is 115 Å². The SMILES string of the molecule is CC(C)N(C)Cc1ccc2c(c1)CCCC2C(N)=O. The first-order valence-electron chi connectivity index (χ1n) is 7.10. The van der Waals surface area contributed by atoms with Crippen molar-refractivity contribution in [1.29, 1.82) is 0 Å². The van der Waals surface area contributed by atoms with Gasteiger partial charge in [0.1, 0.15) is 0 Å². The highest BCUT2D eigenvalue weighted by Crippen LogP contribution is 2.32. The van der Waals surface area contributed by atoms with Crippen LogP contribution in [0.3, 0.4) is 0 Å². The standard InChI is InChI=1S/C16H24N2O/c1-11(2)18(3)10-12-7-8-14-13(9-12)5-4-6-15(14)16(17)19/h7-9,11,15H,4-6,10H2,1-3H3,(H2,17,19). The molecule has 1 aromatic rings. The molecule has 1 atom stereocenters. The molecule has 2 N–H and O–H groups in total. The molecule has 0 aliphatic heterocycles. The maximum Gasteiger partial charge on any atom is 0.224 e. The summed E-state index contributed by atoms with van der Waals surface area (Å²) in [4.78, 5) is 13.8. The third-order valence-corrected chi connectivity index (χ3v) is 4.18. The van der Waals surface area contributed by atoms with E-state index in [1.165, 1.54) is 11.1 Å². The van der Waals surface area contributed by atoms with Gasteiger partial charge in [-0.25, -0.2) is 0 Å². The zero-order valence-electron chi connectivity index (χ0n) is 12.1. The number of fused-ring (bicyclic) bond motifs is 1. The minimum atomic E-state index is -0.187. The Balaban J connectivity index is 2.22. The molecule has 0 fully saturated rings. The Morgan fingerprint density at radius 2 is 2.21 bits per heavy atom. The quantitative estimate of drug-likeness (QED) is 0.903. The third kappa shape index (κ3) is 3.16. The average Bonchev–Trinajstić information content (AvgIpc) is 2.37. The number of primary amides is 1. The van der Waals surface area contributed by atoms with Crippen LogP contribution in [0.5, 0.6) is 0 Å². The zero-order valence-corrected chi connectivity index (χ0v) is 12.1. The van der Waals surface area contributed by atoms with Crippen LogP contribution in [-0.2, 0) is 17.8 Å². The minimum absolute atomic E-state index is 0.0828. The highest BCUT2D eigenvalue weighted by atomic mass is 16.1. The molecule has 1 amide bonds. The van der Waals surface area contributed by atoms with E-state index in [0.717, 1.165) is 31.4 Å². The predicted octanol–water partition coefficient (Wildman–Crippen LogP) is 2.43. The second-order valence-corrected chi connectivity index (χ2v) is 5.89. The van der Waals surface area contributed by atoms with Crippen LogP contribution in [0.25, 0.3) is 0 Å². The third-order valence-electron chi connectivity index (χ3n) is 4.18. The molecule has 0 heterocycles. The van der Waals surface area contributed by atoms with Gasteiger partial charge in [0.2, 0.25) is 5.91 Å². The lowest BCUT2D eigenvalue weighted by atomic mass is 9.81. The van der Waals surface area contributed by atoms with Crippen molar-refractivity contribution in [2.45, 2.75) is 51.6 Å². The van der Waals surface area contributed by atoms with Crippen molar-refractivity contribution in [2.24, 2.45) is 5.73 Å². The van der Waals surface area contributed by atoms with Gasteiger partial charge < -0.3 is 5.73 Å². The monoisotopic (exact) mass is 260 g/mol. The first kappa shape index (κ1) is 14.1. The number of rotatable bonds is 4. The Morgan fingerprint density at radius 1 is 1.47 bits per heavy atom. The lowest BCUT2D eigenvalue weighted by molar-refractivity contribution is -0.119. The van der Waals surface area contributed by atoms with Crippen LogP contribution in [-0.4, -0.2) is 23.9 Å². The van der Waals surface area contributed by atoms with E-state index in [1.54, 1.807) is 0 Å². The van der Waals surface area contributed by atoms with Crippen molar-refractivity contribution in [3.8, 4) is 0 Å². The van der Waals surface area contributed by atoms with Crippen molar-refractivity contribution in [2.75, 3.05) is 7.05 Å². The summed E-state index contributed by atoms with van der Waals surface area (Å²) < 4.78 is 0. The molecular weight excluding hydrogens is 236 g/mol. The van der Waals surface area contributed by atoms with E-state index in [1.807, 2.05) is 0 Å². The molecule has 2 rings (SSSR count). The molecule has 0 saturated heterocycles. The topological polar surface area (TPSA) is 46.3 Å². The van der Waals surface area contributed by atoms with Crippen molar-refractivity contribution < 1.29 is 4.79 Å². The van der Waals surface area contributed by atoms with Gasteiger partial charge in [0.15, 0.2) is 0 Å². The van der Waals surface area contributed by atoms with Crippen LogP contribution >= 0.6 is 0 Å². The number of hydrogen-bond acceptors (Lipinski definition) is 2. The molecule has 0 spiro atoms. The van der Waals surface area contributed by atoms with Crippen LogP contribution in [0, 0.1) is 0 Å². The fourth-order valence-electron chi connectivity index (χ4n) is 2.73. The number of carbonyl (C=O) groups is 1. The summed E-state index contributed by atoms with van der Waals surface area (Å²) in [6, 6.07) is 7.03. The van der Waals surface area contributed by atoms with Gasteiger partial charge in [-0.05, 0) is 56.8 Å². The van der Waals surface area contributed by atoms with E-state index >= 15 is 0 Å². The summed E-state index contributed by atoms with van der Waals surface area (Å²) in [5.41, 5.74) is 9.27. The summed E-state index contributed by atoms with van der Waals surface area (Å²) >= 11 is 0. The van der Waals surface area contributed by atoms with Crippen LogP contribution in [0.15, 0.2) is 18.2 Å². The Kier molecular flexibility index (Phi) is 4.25. The van der Waals surface area contributed by atoms with Gasteiger partial charge in [-0.3, -0.25) is 9.69 Å². The smallest absolute Gasteiger partial charge is 0.224 e. The minimum Gasteiger partial charge on any atom is -0.369 e. The lowest BCUT2D eigenvalue weighted by Crippen LogP contribution is -2.27. The molecule has 1 aromatic carbocycles. The van der Waals surface area contributed by atoms with Gasteiger partial charge in [-0.15, -0.1) is 0 Å². The molecule has 0 aromatic heterocycles. The maximum atomic E-state index is 11.5. The zero-order chi connectivity index (χ0) is 14.0. The van der Waals surface area contributed by atoms with E-state index in [4.69, 9.17) is 5.73 Å². The fourth-order valence-corrected chi connectivity index (χ4v) is 2.73. The molecule has 1 unspecified atom stereocenters. The van der Waals surface area contributed by atoms with Gasteiger partial charge in [0.25, 0.3) is 0 Å². The largest absolute Gasteiger partial charge is 0.369 e. The van der Waals surface area contributed by atoms with E-state index in [9.17, 15) is 4.79 Å². The summed E-state index contributed by atoms with van der Waals surface area (Å²) in [7, 11) is 2.14. The van der Waals surface area contributed by atoms with Gasteiger partial charge in [-0.2, -0.15) is 0 Å². The van der Waals surface area contributed by atoms with Crippen LogP contribution in [0.4, 0.5) is 0 Å². The number of carbonyl (C=O) groups excluding carboxylic acids is 1. The molecule has 0 radical (unpaired) electrons. The number of hydrogen-bond donors (Lipinski definition) is 1. The summed E-state index contributed by atoms with van der Waals surface area (Å²) in [5.74, 6) is -0.270. The maximum absolute atomic E-state index is 11.5. The van der Waals surface area contributed by atoms with Crippen molar-refractivity contribution in [1.82, 2.24) is 4.90 Å². The molecule has 0 bridgehead atoms. The number of benzene rings is 1. The number of amides is 1. The predicted molar refractivity (Wildman–Crippen MR) is 77.9 cm³/mol. The van der Waals surface area contributed by atoms with Crippen LogP contribution < -0.4 is 5.73 Å². The Bertz CT molecular complexity index is 468. The fraction of sp³-hybridized carbons (Fsp3) is 0.562. The Morgan fingerprint density at radius 3 is 2.84 bits per heavy atom. The van der Waals surface area contributed by atoms with Crippen LogP contribution in [0.1, 0.15) is 49.3 Å². The summed E-state index contributed by atoms with van der Waals surface area (Å²) in [6.07, 6.45) is 3.02. The van der Waals surface area contributed by atoms with Gasteiger partial charge >= 0.3 is 0 Å². The molecule has 1 aliphatic rings. The van der Waals surface area contributed by atoms with Gasteiger partial charge in [0.05, 0.1) is 5.92 Å². The highest BCUT2D eigenvalue weighted by Gasteiger charge is 2.24.